The van der Waals surface area contributed by atoms with E-state index >= 15 is 0 Å². The zero-order chi connectivity index (χ0) is 24.7. The average molecular weight is 488 g/mol. The number of para-hydroxylation sites is 2. The van der Waals surface area contributed by atoms with Gasteiger partial charge in [0.25, 0.3) is 0 Å². The van der Waals surface area contributed by atoms with E-state index in [4.69, 9.17) is 4.74 Å². The second-order valence-electron chi connectivity index (χ2n) is 9.54. The van der Waals surface area contributed by atoms with E-state index in [1.807, 2.05) is 29.2 Å². The number of carbonyl (C=O) groups excluding carboxylic acids is 1. The predicted octanol–water partition coefficient (Wildman–Crippen LogP) is 3.84. The number of nitrogens with zero attached hydrogens (tertiary/aromatic N) is 5. The van der Waals surface area contributed by atoms with Gasteiger partial charge in [0.1, 0.15) is 11.6 Å². The van der Waals surface area contributed by atoms with Crippen LogP contribution in [-0.4, -0.2) is 64.4 Å². The molecule has 3 heterocycles. The third-order valence-corrected chi connectivity index (χ3v) is 7.21. The molecule has 0 atom stereocenters. The Bertz CT molecular complexity index is 1120. The average Bonchev–Trinajstić information content (AvgIpc) is 3.36. The smallest absolute Gasteiger partial charge is 0.223 e. The summed E-state index contributed by atoms with van der Waals surface area (Å²) in [5.74, 6) is 1.67. The molecule has 2 N–H and O–H groups in total. The number of hydrogen-bond donors (Lipinski definition) is 2. The summed E-state index contributed by atoms with van der Waals surface area (Å²) in [7, 11) is 0. The highest BCUT2D eigenvalue weighted by atomic mass is 16.5. The first-order chi connectivity index (χ1) is 17.7. The molecular weight excluding hydrogens is 454 g/mol. The molecule has 2 fully saturated rings. The third-order valence-electron chi connectivity index (χ3n) is 7.21. The molecule has 0 unspecified atom stereocenters. The molecule has 188 valence electrons. The minimum absolute atomic E-state index is 0.218. The lowest BCUT2D eigenvalue weighted by Gasteiger charge is -2.40. The van der Waals surface area contributed by atoms with Gasteiger partial charge in [-0.25, -0.2) is 9.97 Å². The summed E-state index contributed by atoms with van der Waals surface area (Å²) in [5, 5.41) is 16.1. The van der Waals surface area contributed by atoms with Crippen LogP contribution in [0.25, 0.3) is 5.57 Å². The third kappa shape index (κ3) is 5.60. The van der Waals surface area contributed by atoms with E-state index in [0.29, 0.717) is 48.2 Å². The van der Waals surface area contributed by atoms with Crippen LogP contribution in [-0.2, 0) is 4.79 Å². The quantitative estimate of drug-likeness (QED) is 0.448. The van der Waals surface area contributed by atoms with Crippen LogP contribution in [0.3, 0.4) is 0 Å². The van der Waals surface area contributed by atoms with Crippen LogP contribution >= 0.6 is 0 Å². The van der Waals surface area contributed by atoms with Gasteiger partial charge < -0.3 is 20.3 Å². The zero-order valence-corrected chi connectivity index (χ0v) is 20.6. The largest absolute Gasteiger partial charge is 0.437 e. The maximum Gasteiger partial charge on any atom is 0.223 e. The van der Waals surface area contributed by atoms with Gasteiger partial charge in [-0.1, -0.05) is 31.4 Å². The topological polar surface area (TPSA) is 106 Å². The predicted molar refractivity (Wildman–Crippen MR) is 138 cm³/mol. The number of nitrogens with one attached hydrogen (secondary N) is 2. The number of nitriles is 1. The molecule has 5 rings (SSSR count). The van der Waals surface area contributed by atoms with Gasteiger partial charge in [-0.15, -0.1) is 0 Å². The summed E-state index contributed by atoms with van der Waals surface area (Å²) in [6, 6.07) is 12.1. The van der Waals surface area contributed by atoms with Gasteiger partial charge in [-0.2, -0.15) is 5.26 Å². The molecule has 2 aliphatic heterocycles. The number of ether oxygens (including phenoxy) is 1. The number of aromatic nitrogens is 2. The zero-order valence-electron chi connectivity index (χ0n) is 20.6. The number of carbonyl (C=O) groups is 1. The van der Waals surface area contributed by atoms with Crippen LogP contribution < -0.4 is 15.4 Å². The van der Waals surface area contributed by atoms with Gasteiger partial charge in [0, 0.05) is 51.4 Å². The molecule has 2 aromatic rings. The van der Waals surface area contributed by atoms with E-state index in [-0.39, 0.29) is 5.91 Å². The first-order valence-corrected chi connectivity index (χ1v) is 13.0. The number of rotatable bonds is 7. The Morgan fingerprint density at radius 2 is 1.94 bits per heavy atom. The van der Waals surface area contributed by atoms with E-state index in [0.717, 1.165) is 37.9 Å². The van der Waals surface area contributed by atoms with Crippen LogP contribution in [0, 0.1) is 11.3 Å². The number of piperazine rings is 1. The fraction of sp³-hybridized carbons (Fsp3) is 0.481. The van der Waals surface area contributed by atoms with E-state index in [1.165, 1.54) is 32.1 Å². The molecule has 9 heteroatoms. The van der Waals surface area contributed by atoms with Crippen molar-refractivity contribution in [3.8, 4) is 11.8 Å². The highest BCUT2D eigenvalue weighted by molar-refractivity contribution is 5.81. The molecule has 1 amide bonds. The molecule has 1 aromatic heterocycles. The molecule has 0 radical (unpaired) electrons. The van der Waals surface area contributed by atoms with Gasteiger partial charge in [-0.05, 0) is 37.5 Å². The van der Waals surface area contributed by atoms with Crippen molar-refractivity contribution in [1.29, 1.82) is 5.26 Å². The molecule has 0 bridgehead atoms. The minimum Gasteiger partial charge on any atom is -0.437 e. The number of hydrogen-bond acceptors (Lipinski definition) is 8. The number of fused-ring (bicyclic) bond motifs is 1. The van der Waals surface area contributed by atoms with Gasteiger partial charge >= 0.3 is 0 Å². The molecule has 3 aliphatic rings. The van der Waals surface area contributed by atoms with Crippen molar-refractivity contribution in [3.63, 3.8) is 0 Å². The fourth-order valence-corrected chi connectivity index (χ4v) is 5.22. The van der Waals surface area contributed by atoms with E-state index in [2.05, 4.69) is 31.6 Å². The summed E-state index contributed by atoms with van der Waals surface area (Å²) in [6.45, 7) is 4.24. The standard InChI is InChI=1S/C27H33N7O2/c28-19-21(26-31-23-9-4-5-10-24(23)36-26)22-12-14-30-27(32-22)29-13-6-11-25(35)34-17-15-33(16-18-34)20-7-2-1-3-8-20/h4-5,9-10,12,14,20,31H,1-3,6-8,11,13,15-18H2,(H,29,30,32). The van der Waals surface area contributed by atoms with Crippen molar-refractivity contribution >= 4 is 23.1 Å². The molecule has 1 saturated carbocycles. The molecule has 1 aromatic carbocycles. The van der Waals surface area contributed by atoms with Crippen molar-refractivity contribution in [2.24, 2.45) is 0 Å². The van der Waals surface area contributed by atoms with Gasteiger partial charge in [0.05, 0.1) is 11.4 Å². The van der Waals surface area contributed by atoms with Crippen molar-refractivity contribution in [1.82, 2.24) is 19.8 Å². The fourth-order valence-electron chi connectivity index (χ4n) is 5.22. The van der Waals surface area contributed by atoms with Crippen LogP contribution in [0.5, 0.6) is 5.75 Å². The Balaban J connectivity index is 1.08. The molecule has 1 saturated heterocycles. The van der Waals surface area contributed by atoms with E-state index in [1.54, 1.807) is 12.3 Å². The van der Waals surface area contributed by atoms with Crippen LogP contribution in [0.1, 0.15) is 50.6 Å². The van der Waals surface area contributed by atoms with Crippen molar-refractivity contribution in [3.05, 3.63) is 48.1 Å². The van der Waals surface area contributed by atoms with Crippen LogP contribution in [0.15, 0.2) is 42.4 Å². The molecule has 9 nitrogen and oxygen atoms in total. The Morgan fingerprint density at radius 1 is 1.14 bits per heavy atom. The summed E-state index contributed by atoms with van der Waals surface area (Å²) in [6.07, 6.45) is 9.49. The van der Waals surface area contributed by atoms with E-state index < -0.39 is 0 Å². The Kier molecular flexibility index (Phi) is 7.62. The normalized spacial score (nSPS) is 19.6. The van der Waals surface area contributed by atoms with Gasteiger partial charge in [0.15, 0.2) is 5.75 Å². The number of amides is 1. The molecule has 36 heavy (non-hydrogen) atoms. The van der Waals surface area contributed by atoms with Crippen LogP contribution in [0.2, 0.25) is 0 Å². The van der Waals surface area contributed by atoms with Crippen molar-refractivity contribution in [2.75, 3.05) is 43.4 Å². The first-order valence-electron chi connectivity index (χ1n) is 13.0. The van der Waals surface area contributed by atoms with E-state index in [9.17, 15) is 10.1 Å². The number of anilines is 2. The number of benzene rings is 1. The van der Waals surface area contributed by atoms with Crippen molar-refractivity contribution in [2.45, 2.75) is 51.0 Å². The highest BCUT2D eigenvalue weighted by Crippen LogP contribution is 2.35. The van der Waals surface area contributed by atoms with Crippen molar-refractivity contribution < 1.29 is 9.53 Å². The SMILES string of the molecule is N#CC(=C1Nc2ccccc2O1)c1ccnc(NCCCC(=O)N2CCN(C3CCCCC3)CC2)n1. The molecule has 0 spiro atoms. The Hall–Kier alpha value is -3.64. The first kappa shape index (κ1) is 24.1. The summed E-state index contributed by atoms with van der Waals surface area (Å²) < 4.78 is 5.80. The molecular formula is C27H33N7O2. The maximum absolute atomic E-state index is 12.7. The summed E-state index contributed by atoms with van der Waals surface area (Å²) >= 11 is 0. The van der Waals surface area contributed by atoms with Gasteiger partial charge in [-0.3, -0.25) is 9.69 Å². The second kappa shape index (κ2) is 11.4. The highest BCUT2D eigenvalue weighted by Gasteiger charge is 2.27. The monoisotopic (exact) mass is 487 g/mol. The Labute approximate surface area is 212 Å². The second-order valence-corrected chi connectivity index (χ2v) is 9.54. The van der Waals surface area contributed by atoms with Crippen LogP contribution in [0.4, 0.5) is 11.6 Å². The molecule has 1 aliphatic carbocycles. The lowest BCUT2D eigenvalue weighted by Crippen LogP contribution is -2.52. The Morgan fingerprint density at radius 3 is 2.72 bits per heavy atom. The summed E-state index contributed by atoms with van der Waals surface area (Å²) in [5.41, 5.74) is 1.59. The lowest BCUT2D eigenvalue weighted by atomic mass is 9.94. The summed E-state index contributed by atoms with van der Waals surface area (Å²) in [4.78, 5) is 26.0. The maximum atomic E-state index is 12.7. The minimum atomic E-state index is 0.218. The van der Waals surface area contributed by atoms with Gasteiger partial charge in [0.2, 0.25) is 17.7 Å². The lowest BCUT2D eigenvalue weighted by molar-refractivity contribution is -0.133. The number of allylic oxidation sites excluding steroid dienone is 1.